The zero-order valence-electron chi connectivity index (χ0n) is 13.3. The zero-order valence-corrected chi connectivity index (χ0v) is 13.3. The number of hydrogen-bond acceptors (Lipinski definition) is 6. The molecule has 8 nitrogen and oxygen atoms in total. The summed E-state index contributed by atoms with van der Waals surface area (Å²) >= 11 is 0. The van der Waals surface area contributed by atoms with E-state index < -0.39 is 17.4 Å². The Morgan fingerprint density at radius 3 is 2.71 bits per heavy atom. The van der Waals surface area contributed by atoms with Crippen molar-refractivity contribution < 1.29 is 19.1 Å². The topological polar surface area (TPSA) is 99.5 Å². The fourth-order valence-corrected chi connectivity index (χ4v) is 1.93. The Bertz CT molecular complexity index is 800. The van der Waals surface area contributed by atoms with E-state index in [2.05, 4.69) is 15.2 Å². The minimum Gasteiger partial charge on any atom is -0.497 e. The van der Waals surface area contributed by atoms with Gasteiger partial charge < -0.3 is 14.8 Å². The molecule has 0 fully saturated rings. The van der Waals surface area contributed by atoms with E-state index in [-0.39, 0.29) is 13.1 Å². The van der Waals surface area contributed by atoms with Crippen LogP contribution in [0.3, 0.4) is 0 Å². The van der Waals surface area contributed by atoms with Crippen molar-refractivity contribution in [3.8, 4) is 17.0 Å². The number of benzene rings is 1. The van der Waals surface area contributed by atoms with Crippen molar-refractivity contribution in [2.45, 2.75) is 6.54 Å². The van der Waals surface area contributed by atoms with Crippen molar-refractivity contribution >= 4 is 11.9 Å². The lowest BCUT2D eigenvalue weighted by atomic mass is 10.1. The number of rotatable bonds is 6. The SMILES string of the molecule is COC(=O)CNC(=O)Cn1nc(-c2cccc(OC)c2)ccc1=O. The first-order valence-electron chi connectivity index (χ1n) is 7.09. The van der Waals surface area contributed by atoms with Gasteiger partial charge in [0.15, 0.2) is 0 Å². The van der Waals surface area contributed by atoms with Crippen molar-refractivity contribution in [2.75, 3.05) is 20.8 Å². The molecule has 0 unspecified atom stereocenters. The van der Waals surface area contributed by atoms with Crippen LogP contribution < -0.4 is 15.6 Å². The molecule has 0 atom stereocenters. The number of carbonyl (C=O) groups is 2. The summed E-state index contributed by atoms with van der Waals surface area (Å²) < 4.78 is 10.6. The normalized spacial score (nSPS) is 10.1. The molecule has 1 aromatic carbocycles. The zero-order chi connectivity index (χ0) is 17.5. The average Bonchev–Trinajstić information content (AvgIpc) is 2.61. The van der Waals surface area contributed by atoms with Crippen LogP contribution in [0.4, 0.5) is 0 Å². The van der Waals surface area contributed by atoms with Gasteiger partial charge in [-0.1, -0.05) is 12.1 Å². The Kier molecular flexibility index (Phi) is 5.67. The lowest BCUT2D eigenvalue weighted by molar-refractivity contribution is -0.141. The van der Waals surface area contributed by atoms with Gasteiger partial charge in [-0.2, -0.15) is 5.10 Å². The van der Waals surface area contributed by atoms with Gasteiger partial charge in [-0.3, -0.25) is 14.4 Å². The van der Waals surface area contributed by atoms with Crippen LogP contribution in [-0.4, -0.2) is 42.4 Å². The van der Waals surface area contributed by atoms with Gasteiger partial charge in [0.05, 0.1) is 19.9 Å². The molecule has 0 spiro atoms. The smallest absolute Gasteiger partial charge is 0.325 e. The third-order valence-corrected chi connectivity index (χ3v) is 3.18. The Morgan fingerprint density at radius 2 is 2.00 bits per heavy atom. The first-order chi connectivity index (χ1) is 11.5. The molecule has 126 valence electrons. The number of carbonyl (C=O) groups excluding carboxylic acids is 2. The van der Waals surface area contributed by atoms with E-state index in [4.69, 9.17) is 4.74 Å². The monoisotopic (exact) mass is 331 g/mol. The molecule has 0 radical (unpaired) electrons. The highest BCUT2D eigenvalue weighted by atomic mass is 16.5. The van der Waals surface area contributed by atoms with Crippen LogP contribution in [0.25, 0.3) is 11.3 Å². The molecular weight excluding hydrogens is 314 g/mol. The molecule has 24 heavy (non-hydrogen) atoms. The third-order valence-electron chi connectivity index (χ3n) is 3.18. The fourth-order valence-electron chi connectivity index (χ4n) is 1.93. The van der Waals surface area contributed by atoms with E-state index >= 15 is 0 Å². The minimum absolute atomic E-state index is 0.264. The van der Waals surface area contributed by atoms with Crippen LogP contribution >= 0.6 is 0 Å². The molecule has 2 rings (SSSR count). The van der Waals surface area contributed by atoms with Crippen molar-refractivity contribution in [1.82, 2.24) is 15.1 Å². The first kappa shape index (κ1) is 17.2. The van der Waals surface area contributed by atoms with E-state index in [1.807, 2.05) is 6.07 Å². The number of hydrogen-bond donors (Lipinski definition) is 1. The molecule has 1 N–H and O–H groups in total. The van der Waals surface area contributed by atoms with Gasteiger partial charge in [-0.25, -0.2) is 4.68 Å². The first-order valence-corrected chi connectivity index (χ1v) is 7.09. The predicted molar refractivity (Wildman–Crippen MR) is 85.5 cm³/mol. The molecule has 1 amide bonds. The Labute approximate surface area is 138 Å². The van der Waals surface area contributed by atoms with Gasteiger partial charge in [0, 0.05) is 11.6 Å². The van der Waals surface area contributed by atoms with Crippen molar-refractivity contribution in [3.05, 3.63) is 46.8 Å². The van der Waals surface area contributed by atoms with Crippen LogP contribution in [0.1, 0.15) is 0 Å². The summed E-state index contributed by atoms with van der Waals surface area (Å²) in [5, 5.41) is 6.53. The van der Waals surface area contributed by atoms with E-state index in [1.165, 1.54) is 13.2 Å². The number of methoxy groups -OCH3 is 2. The lowest BCUT2D eigenvalue weighted by Gasteiger charge is -2.08. The largest absolute Gasteiger partial charge is 0.497 e. The van der Waals surface area contributed by atoms with Gasteiger partial charge in [0.2, 0.25) is 5.91 Å². The predicted octanol–water partition coefficient (Wildman–Crippen LogP) is 0.208. The van der Waals surface area contributed by atoms with E-state index in [1.54, 1.807) is 31.4 Å². The fraction of sp³-hybridized carbons (Fsp3) is 0.250. The number of ether oxygens (including phenoxy) is 2. The van der Waals surface area contributed by atoms with Crippen molar-refractivity contribution in [3.63, 3.8) is 0 Å². The minimum atomic E-state index is -0.575. The van der Waals surface area contributed by atoms with Crippen LogP contribution in [-0.2, 0) is 20.9 Å². The summed E-state index contributed by atoms with van der Waals surface area (Å²) in [6.45, 7) is -0.562. The number of aromatic nitrogens is 2. The van der Waals surface area contributed by atoms with Crippen LogP contribution in [0.5, 0.6) is 5.75 Å². The quantitative estimate of drug-likeness (QED) is 0.760. The molecule has 0 aliphatic rings. The third kappa shape index (κ3) is 4.42. The molecule has 1 aromatic heterocycles. The molecule has 0 saturated carbocycles. The summed E-state index contributed by atoms with van der Waals surface area (Å²) in [5.74, 6) is -0.436. The van der Waals surface area contributed by atoms with E-state index in [9.17, 15) is 14.4 Å². The average molecular weight is 331 g/mol. The molecule has 0 aliphatic carbocycles. The van der Waals surface area contributed by atoms with Crippen LogP contribution in [0, 0.1) is 0 Å². The highest BCUT2D eigenvalue weighted by Crippen LogP contribution is 2.20. The molecule has 0 saturated heterocycles. The summed E-state index contributed by atoms with van der Waals surface area (Å²) in [7, 11) is 2.78. The summed E-state index contributed by atoms with van der Waals surface area (Å²) in [5.41, 5.74) is 0.849. The highest BCUT2D eigenvalue weighted by molar-refractivity contribution is 5.81. The molecule has 8 heteroatoms. The van der Waals surface area contributed by atoms with Gasteiger partial charge in [-0.05, 0) is 18.2 Å². The summed E-state index contributed by atoms with van der Waals surface area (Å²) in [6.07, 6.45) is 0. The molecular formula is C16H17N3O5. The van der Waals surface area contributed by atoms with Gasteiger partial charge >= 0.3 is 5.97 Å². The summed E-state index contributed by atoms with van der Waals surface area (Å²) in [6, 6.07) is 10.1. The van der Waals surface area contributed by atoms with Crippen LogP contribution in [0.2, 0.25) is 0 Å². The van der Waals surface area contributed by atoms with Crippen molar-refractivity contribution in [1.29, 1.82) is 0 Å². The lowest BCUT2D eigenvalue weighted by Crippen LogP contribution is -2.36. The summed E-state index contributed by atoms with van der Waals surface area (Å²) in [4.78, 5) is 34.7. The Balaban J connectivity index is 2.18. The molecule has 0 bridgehead atoms. The van der Waals surface area contributed by atoms with Crippen molar-refractivity contribution in [2.24, 2.45) is 0 Å². The second-order valence-corrected chi connectivity index (χ2v) is 4.80. The second kappa shape index (κ2) is 7.91. The number of amides is 1. The van der Waals surface area contributed by atoms with Gasteiger partial charge in [0.25, 0.3) is 5.56 Å². The maximum Gasteiger partial charge on any atom is 0.325 e. The number of nitrogens with zero attached hydrogens (tertiary/aromatic N) is 2. The Hall–Kier alpha value is -3.16. The van der Waals surface area contributed by atoms with E-state index in [0.717, 1.165) is 10.2 Å². The molecule has 1 heterocycles. The number of nitrogens with one attached hydrogen (secondary N) is 1. The van der Waals surface area contributed by atoms with Crippen LogP contribution in [0.15, 0.2) is 41.2 Å². The van der Waals surface area contributed by atoms with Gasteiger partial charge in [0.1, 0.15) is 18.8 Å². The molecule has 2 aromatic rings. The maximum atomic E-state index is 11.9. The number of esters is 1. The maximum absolute atomic E-state index is 11.9. The van der Waals surface area contributed by atoms with E-state index in [0.29, 0.717) is 11.4 Å². The standard InChI is InChI=1S/C16H17N3O5/c1-23-12-5-3-4-11(8-12)13-6-7-15(21)19(18-13)10-14(20)17-9-16(22)24-2/h3-8H,9-10H2,1-2H3,(H,17,20). The Morgan fingerprint density at radius 1 is 1.21 bits per heavy atom. The van der Waals surface area contributed by atoms with Gasteiger partial charge in [-0.15, -0.1) is 0 Å². The molecule has 0 aliphatic heterocycles. The highest BCUT2D eigenvalue weighted by Gasteiger charge is 2.10. The second-order valence-electron chi connectivity index (χ2n) is 4.80.